The van der Waals surface area contributed by atoms with E-state index in [4.69, 9.17) is 23.7 Å². The predicted octanol–water partition coefficient (Wildman–Crippen LogP) is 2.20. The zero-order chi connectivity index (χ0) is 21.8. The van der Waals surface area contributed by atoms with Crippen LogP contribution in [0.15, 0.2) is 60.7 Å². The van der Waals surface area contributed by atoms with Crippen LogP contribution in [-0.2, 0) is 28.5 Å². The first-order chi connectivity index (χ1) is 15.1. The van der Waals surface area contributed by atoms with Crippen molar-refractivity contribution in [3.8, 4) is 0 Å². The van der Waals surface area contributed by atoms with E-state index in [-0.39, 0.29) is 12.5 Å². The number of nitrogens with one attached hydrogen (secondary N) is 1. The Bertz CT molecular complexity index is 891. The Balaban J connectivity index is 1.60. The number of esters is 1. The van der Waals surface area contributed by atoms with Crippen LogP contribution in [0.4, 0.5) is 0 Å². The number of benzene rings is 2. The lowest BCUT2D eigenvalue weighted by Gasteiger charge is -2.48. The van der Waals surface area contributed by atoms with Gasteiger partial charge in [0.1, 0.15) is 18.2 Å². The fourth-order valence-corrected chi connectivity index (χ4v) is 3.86. The third-order valence-corrected chi connectivity index (χ3v) is 5.28. The Morgan fingerprint density at radius 1 is 1.00 bits per heavy atom. The second kappa shape index (κ2) is 9.57. The maximum atomic E-state index is 12.8. The van der Waals surface area contributed by atoms with Crippen LogP contribution in [0.2, 0.25) is 0 Å². The molecule has 6 atom stereocenters. The van der Waals surface area contributed by atoms with Gasteiger partial charge in [0.2, 0.25) is 0 Å². The molecule has 1 N–H and O–H groups in total. The first-order valence-corrected chi connectivity index (χ1v) is 10.1. The minimum Gasteiger partial charge on any atom is -0.457 e. The summed E-state index contributed by atoms with van der Waals surface area (Å²) in [7, 11) is 1.47. The molecule has 8 heteroatoms. The van der Waals surface area contributed by atoms with Crippen LogP contribution >= 0.6 is 0 Å². The smallest absolute Gasteiger partial charge is 0.303 e. The Morgan fingerprint density at radius 3 is 2.32 bits per heavy atom. The molecule has 164 valence electrons. The van der Waals surface area contributed by atoms with Crippen molar-refractivity contribution in [2.24, 2.45) is 0 Å². The van der Waals surface area contributed by atoms with E-state index in [0.29, 0.717) is 5.56 Å². The SMILES string of the molecule is CO[C@@H]1O[C@@H]2COC(c3ccccc3)O[C@H]2[C@@H](OC(C)=O)[C@H]1NC(=O)c1ccccc1. The average molecular weight is 427 g/mol. The molecule has 2 aliphatic rings. The zero-order valence-electron chi connectivity index (χ0n) is 17.3. The molecule has 2 aliphatic heterocycles. The molecule has 4 rings (SSSR count). The van der Waals surface area contributed by atoms with Crippen molar-refractivity contribution in [1.29, 1.82) is 0 Å². The highest BCUT2D eigenvalue weighted by molar-refractivity contribution is 5.94. The van der Waals surface area contributed by atoms with Gasteiger partial charge in [0, 0.05) is 25.2 Å². The molecule has 31 heavy (non-hydrogen) atoms. The summed E-state index contributed by atoms with van der Waals surface area (Å²) in [5, 5.41) is 2.89. The molecule has 2 saturated heterocycles. The fourth-order valence-electron chi connectivity index (χ4n) is 3.86. The summed E-state index contributed by atoms with van der Waals surface area (Å²) in [6, 6.07) is 17.4. The summed E-state index contributed by atoms with van der Waals surface area (Å²) in [6.45, 7) is 1.54. The van der Waals surface area contributed by atoms with Crippen LogP contribution in [0.3, 0.4) is 0 Å². The molecule has 0 saturated carbocycles. The topological polar surface area (TPSA) is 92.3 Å². The van der Waals surface area contributed by atoms with E-state index < -0.39 is 42.9 Å². The van der Waals surface area contributed by atoms with Gasteiger partial charge in [0.05, 0.1) is 6.61 Å². The first kappa shape index (κ1) is 21.5. The number of hydrogen-bond donors (Lipinski definition) is 1. The van der Waals surface area contributed by atoms with Gasteiger partial charge >= 0.3 is 5.97 Å². The largest absolute Gasteiger partial charge is 0.457 e. The number of rotatable bonds is 5. The predicted molar refractivity (Wildman–Crippen MR) is 109 cm³/mol. The van der Waals surface area contributed by atoms with Crippen LogP contribution in [0.25, 0.3) is 0 Å². The Morgan fingerprint density at radius 2 is 1.68 bits per heavy atom. The molecule has 1 unspecified atom stereocenters. The summed E-state index contributed by atoms with van der Waals surface area (Å²) >= 11 is 0. The number of hydrogen-bond acceptors (Lipinski definition) is 7. The molecule has 2 aromatic rings. The molecule has 0 aromatic heterocycles. The Kier molecular flexibility index (Phi) is 6.62. The molecule has 2 aromatic carbocycles. The average Bonchev–Trinajstić information content (AvgIpc) is 2.80. The monoisotopic (exact) mass is 427 g/mol. The molecule has 1 amide bonds. The van der Waals surface area contributed by atoms with Crippen LogP contribution < -0.4 is 5.32 Å². The standard InChI is InChI=1S/C23H25NO7/c1-14(25)29-20-18(24-21(26)15-9-5-3-6-10-15)23(27-2)30-17-13-28-22(31-19(17)20)16-11-7-4-8-12-16/h3-12,17-20,22-23H,13H2,1-2H3,(H,24,26)/t17-,18-,19-,20+,22?,23-/m1/s1. The van der Waals surface area contributed by atoms with Gasteiger partial charge in [-0.2, -0.15) is 0 Å². The van der Waals surface area contributed by atoms with Gasteiger partial charge in [-0.25, -0.2) is 0 Å². The van der Waals surface area contributed by atoms with E-state index in [1.807, 2.05) is 36.4 Å². The third kappa shape index (κ3) is 4.77. The van der Waals surface area contributed by atoms with Crippen LogP contribution in [0.1, 0.15) is 29.1 Å². The highest BCUT2D eigenvalue weighted by atomic mass is 16.7. The normalized spacial score (nSPS) is 30.1. The summed E-state index contributed by atoms with van der Waals surface area (Å²) in [5.41, 5.74) is 1.30. The molecule has 2 heterocycles. The number of carbonyl (C=O) groups is 2. The second-order valence-corrected chi connectivity index (χ2v) is 7.39. The van der Waals surface area contributed by atoms with E-state index in [1.165, 1.54) is 14.0 Å². The van der Waals surface area contributed by atoms with Crippen LogP contribution in [-0.4, -0.2) is 56.2 Å². The summed E-state index contributed by atoms with van der Waals surface area (Å²) < 4.78 is 29.1. The molecule has 0 spiro atoms. The molecular weight excluding hydrogens is 402 g/mol. The van der Waals surface area contributed by atoms with E-state index >= 15 is 0 Å². The number of fused-ring (bicyclic) bond motifs is 1. The van der Waals surface area contributed by atoms with Crippen molar-refractivity contribution in [3.63, 3.8) is 0 Å². The lowest BCUT2D eigenvalue weighted by atomic mass is 9.95. The van der Waals surface area contributed by atoms with E-state index in [0.717, 1.165) is 5.56 Å². The van der Waals surface area contributed by atoms with Gasteiger partial charge in [0.15, 0.2) is 18.7 Å². The van der Waals surface area contributed by atoms with Gasteiger partial charge in [-0.15, -0.1) is 0 Å². The van der Waals surface area contributed by atoms with E-state index in [2.05, 4.69) is 5.32 Å². The van der Waals surface area contributed by atoms with E-state index in [9.17, 15) is 9.59 Å². The Hall–Kier alpha value is -2.78. The maximum Gasteiger partial charge on any atom is 0.303 e. The van der Waals surface area contributed by atoms with Crippen molar-refractivity contribution < 1.29 is 33.3 Å². The molecule has 8 nitrogen and oxygen atoms in total. The second-order valence-electron chi connectivity index (χ2n) is 7.39. The number of methoxy groups -OCH3 is 1. The number of amides is 1. The lowest BCUT2D eigenvalue weighted by molar-refractivity contribution is -0.341. The number of ether oxygens (including phenoxy) is 5. The molecule has 0 bridgehead atoms. The number of carbonyl (C=O) groups excluding carboxylic acids is 2. The van der Waals surface area contributed by atoms with Crippen LogP contribution in [0.5, 0.6) is 0 Å². The van der Waals surface area contributed by atoms with Crippen molar-refractivity contribution in [2.75, 3.05) is 13.7 Å². The third-order valence-electron chi connectivity index (χ3n) is 5.28. The fraction of sp³-hybridized carbons (Fsp3) is 0.391. The lowest BCUT2D eigenvalue weighted by Crippen LogP contribution is -2.67. The minimum absolute atomic E-state index is 0.223. The molecular formula is C23H25NO7. The summed E-state index contributed by atoms with van der Waals surface area (Å²) in [5.74, 6) is -0.829. The maximum absolute atomic E-state index is 12.8. The molecule has 0 aliphatic carbocycles. The van der Waals surface area contributed by atoms with Gasteiger partial charge in [-0.1, -0.05) is 48.5 Å². The first-order valence-electron chi connectivity index (χ1n) is 10.1. The van der Waals surface area contributed by atoms with Gasteiger partial charge in [0.25, 0.3) is 5.91 Å². The van der Waals surface area contributed by atoms with E-state index in [1.54, 1.807) is 24.3 Å². The van der Waals surface area contributed by atoms with Crippen molar-refractivity contribution >= 4 is 11.9 Å². The molecule has 2 fully saturated rings. The Labute approximate surface area is 180 Å². The van der Waals surface area contributed by atoms with Gasteiger partial charge in [-0.3, -0.25) is 9.59 Å². The van der Waals surface area contributed by atoms with Crippen molar-refractivity contribution in [1.82, 2.24) is 5.32 Å². The van der Waals surface area contributed by atoms with Gasteiger partial charge in [-0.05, 0) is 12.1 Å². The van der Waals surface area contributed by atoms with Crippen molar-refractivity contribution in [2.45, 2.75) is 43.9 Å². The summed E-state index contributed by atoms with van der Waals surface area (Å²) in [6.07, 6.45) is -3.51. The minimum atomic E-state index is -0.848. The van der Waals surface area contributed by atoms with Gasteiger partial charge < -0.3 is 29.0 Å². The zero-order valence-corrected chi connectivity index (χ0v) is 17.3. The summed E-state index contributed by atoms with van der Waals surface area (Å²) in [4.78, 5) is 24.8. The quantitative estimate of drug-likeness (QED) is 0.732. The highest BCUT2D eigenvalue weighted by Crippen LogP contribution is 2.35. The van der Waals surface area contributed by atoms with Crippen molar-refractivity contribution in [3.05, 3.63) is 71.8 Å². The highest BCUT2D eigenvalue weighted by Gasteiger charge is 2.52. The molecule has 0 radical (unpaired) electrons. The van der Waals surface area contributed by atoms with Crippen LogP contribution in [0, 0.1) is 0 Å².